The van der Waals surface area contributed by atoms with Crippen LogP contribution in [-0.4, -0.2) is 22.5 Å². The molecule has 138 valence electrons. The molecule has 0 saturated carbocycles. The molecular weight excluding hydrogens is 338 g/mol. The van der Waals surface area contributed by atoms with Gasteiger partial charge in [-0.15, -0.1) is 0 Å². The van der Waals surface area contributed by atoms with Gasteiger partial charge in [0, 0.05) is 24.3 Å². The van der Waals surface area contributed by atoms with Gasteiger partial charge in [0.25, 0.3) is 0 Å². The molecule has 1 N–H and O–H groups in total. The number of aromatic nitrogens is 1. The number of urea groups is 1. The van der Waals surface area contributed by atoms with Crippen molar-refractivity contribution in [1.82, 2.24) is 9.88 Å². The minimum Gasteiger partial charge on any atom is -0.444 e. The third kappa shape index (κ3) is 3.72. The summed E-state index contributed by atoms with van der Waals surface area (Å²) in [6.45, 7) is 5.29. The SMILES string of the molecule is Cc1coc(-c2cc(NC(=O)N3CCCc4ccccc4C3)ccc2C)n1. The van der Waals surface area contributed by atoms with Crippen molar-refractivity contribution in [3.63, 3.8) is 0 Å². The van der Waals surface area contributed by atoms with Crippen LogP contribution in [0, 0.1) is 13.8 Å². The Balaban J connectivity index is 1.53. The van der Waals surface area contributed by atoms with E-state index in [1.54, 1.807) is 6.26 Å². The molecule has 5 nitrogen and oxygen atoms in total. The Labute approximate surface area is 159 Å². The number of carbonyl (C=O) groups is 1. The maximum atomic E-state index is 12.8. The largest absolute Gasteiger partial charge is 0.444 e. The van der Waals surface area contributed by atoms with E-state index < -0.39 is 0 Å². The fourth-order valence-corrected chi connectivity index (χ4v) is 3.48. The first-order valence-electron chi connectivity index (χ1n) is 9.26. The van der Waals surface area contributed by atoms with E-state index in [0.29, 0.717) is 12.4 Å². The molecule has 27 heavy (non-hydrogen) atoms. The molecule has 0 atom stereocenters. The number of aryl methyl sites for hydroxylation is 3. The lowest BCUT2D eigenvalue weighted by Gasteiger charge is -2.21. The van der Waals surface area contributed by atoms with Crippen molar-refractivity contribution < 1.29 is 9.21 Å². The zero-order valence-corrected chi connectivity index (χ0v) is 15.7. The number of benzene rings is 2. The molecule has 0 fully saturated rings. The molecule has 3 aromatic rings. The van der Waals surface area contributed by atoms with Gasteiger partial charge in [0.15, 0.2) is 0 Å². The van der Waals surface area contributed by atoms with Crippen LogP contribution in [-0.2, 0) is 13.0 Å². The Hall–Kier alpha value is -3.08. The minimum atomic E-state index is -0.0786. The number of nitrogens with zero attached hydrogens (tertiary/aromatic N) is 2. The van der Waals surface area contributed by atoms with Gasteiger partial charge in [0.2, 0.25) is 5.89 Å². The maximum Gasteiger partial charge on any atom is 0.322 e. The van der Waals surface area contributed by atoms with Crippen molar-refractivity contribution in [2.75, 3.05) is 11.9 Å². The molecule has 2 heterocycles. The lowest BCUT2D eigenvalue weighted by molar-refractivity contribution is 0.210. The van der Waals surface area contributed by atoms with Gasteiger partial charge in [-0.25, -0.2) is 9.78 Å². The normalized spacial score (nSPS) is 13.8. The highest BCUT2D eigenvalue weighted by molar-refractivity contribution is 5.90. The van der Waals surface area contributed by atoms with Crippen LogP contribution >= 0.6 is 0 Å². The van der Waals surface area contributed by atoms with Gasteiger partial charge in [-0.1, -0.05) is 30.3 Å². The van der Waals surface area contributed by atoms with Crippen LogP contribution < -0.4 is 5.32 Å². The Kier molecular flexibility index (Phi) is 4.67. The quantitative estimate of drug-likeness (QED) is 0.703. The van der Waals surface area contributed by atoms with E-state index in [9.17, 15) is 4.79 Å². The van der Waals surface area contributed by atoms with E-state index in [1.165, 1.54) is 11.1 Å². The molecule has 1 aliphatic rings. The number of anilines is 1. The summed E-state index contributed by atoms with van der Waals surface area (Å²) in [5, 5.41) is 3.03. The van der Waals surface area contributed by atoms with Crippen molar-refractivity contribution in [3.05, 3.63) is 71.1 Å². The van der Waals surface area contributed by atoms with Gasteiger partial charge in [-0.05, 0) is 55.5 Å². The number of nitrogens with one attached hydrogen (secondary N) is 1. The second kappa shape index (κ2) is 7.27. The highest BCUT2D eigenvalue weighted by atomic mass is 16.3. The number of oxazole rings is 1. The zero-order chi connectivity index (χ0) is 18.8. The topological polar surface area (TPSA) is 58.4 Å². The highest BCUT2D eigenvalue weighted by Gasteiger charge is 2.19. The van der Waals surface area contributed by atoms with Crippen molar-refractivity contribution in [1.29, 1.82) is 0 Å². The van der Waals surface area contributed by atoms with Crippen molar-refractivity contribution >= 4 is 11.7 Å². The molecular formula is C22H23N3O2. The Morgan fingerprint density at radius 2 is 1.96 bits per heavy atom. The first kappa shape index (κ1) is 17.3. The van der Waals surface area contributed by atoms with E-state index in [0.717, 1.165) is 41.9 Å². The van der Waals surface area contributed by atoms with Gasteiger partial charge in [-0.3, -0.25) is 0 Å². The molecule has 0 spiro atoms. The van der Waals surface area contributed by atoms with E-state index in [1.807, 2.05) is 43.0 Å². The zero-order valence-electron chi connectivity index (χ0n) is 15.7. The predicted molar refractivity (Wildman–Crippen MR) is 106 cm³/mol. The van der Waals surface area contributed by atoms with Crippen molar-refractivity contribution in [2.24, 2.45) is 0 Å². The third-order valence-corrected chi connectivity index (χ3v) is 4.98. The van der Waals surface area contributed by atoms with E-state index in [2.05, 4.69) is 28.5 Å². The lowest BCUT2D eigenvalue weighted by Crippen LogP contribution is -2.34. The van der Waals surface area contributed by atoms with Crippen LogP contribution in [0.4, 0.5) is 10.5 Å². The predicted octanol–water partition coefficient (Wildman–Crippen LogP) is 4.94. The van der Waals surface area contributed by atoms with E-state index in [-0.39, 0.29) is 6.03 Å². The van der Waals surface area contributed by atoms with Gasteiger partial charge in [0.05, 0.1) is 5.69 Å². The molecule has 0 bridgehead atoms. The second-order valence-corrected chi connectivity index (χ2v) is 7.05. The third-order valence-electron chi connectivity index (χ3n) is 4.98. The average molecular weight is 361 g/mol. The summed E-state index contributed by atoms with van der Waals surface area (Å²) in [6, 6.07) is 14.1. The molecule has 4 rings (SSSR count). The Morgan fingerprint density at radius 1 is 1.15 bits per heavy atom. The van der Waals surface area contributed by atoms with Crippen molar-refractivity contribution in [3.8, 4) is 11.5 Å². The smallest absolute Gasteiger partial charge is 0.322 e. The van der Waals surface area contributed by atoms with Gasteiger partial charge in [0.1, 0.15) is 6.26 Å². The Morgan fingerprint density at radius 3 is 2.74 bits per heavy atom. The summed E-state index contributed by atoms with van der Waals surface area (Å²) >= 11 is 0. The number of hydrogen-bond acceptors (Lipinski definition) is 3. The number of hydrogen-bond donors (Lipinski definition) is 1. The van der Waals surface area contributed by atoms with Crippen LogP contribution in [0.5, 0.6) is 0 Å². The van der Waals surface area contributed by atoms with Crippen LogP contribution in [0.3, 0.4) is 0 Å². The first-order valence-corrected chi connectivity index (χ1v) is 9.26. The molecule has 0 aliphatic carbocycles. The lowest BCUT2D eigenvalue weighted by atomic mass is 10.0. The summed E-state index contributed by atoms with van der Waals surface area (Å²) in [4.78, 5) is 19.1. The molecule has 1 aromatic heterocycles. The number of fused-ring (bicyclic) bond motifs is 1. The number of amides is 2. The molecule has 2 amide bonds. The molecule has 0 radical (unpaired) electrons. The summed E-state index contributed by atoms with van der Waals surface area (Å²) in [5.74, 6) is 0.574. The summed E-state index contributed by atoms with van der Waals surface area (Å²) in [7, 11) is 0. The standard InChI is InChI=1S/C22H23N3O2/c1-15-9-10-19(12-20(15)21-23-16(2)14-27-21)24-22(26)25-11-5-8-17-6-3-4-7-18(17)13-25/h3-4,6-7,9-10,12,14H,5,8,11,13H2,1-2H3,(H,24,26). The number of carbonyl (C=O) groups excluding carboxylic acids is 1. The van der Waals surface area contributed by atoms with E-state index in [4.69, 9.17) is 4.42 Å². The molecule has 2 aromatic carbocycles. The maximum absolute atomic E-state index is 12.8. The molecule has 1 aliphatic heterocycles. The highest BCUT2D eigenvalue weighted by Crippen LogP contribution is 2.26. The van der Waals surface area contributed by atoms with Gasteiger partial charge < -0.3 is 14.6 Å². The van der Waals surface area contributed by atoms with Crippen LogP contribution in [0.25, 0.3) is 11.5 Å². The molecule has 5 heteroatoms. The summed E-state index contributed by atoms with van der Waals surface area (Å²) in [6.07, 6.45) is 3.62. The van der Waals surface area contributed by atoms with E-state index >= 15 is 0 Å². The second-order valence-electron chi connectivity index (χ2n) is 7.05. The van der Waals surface area contributed by atoms with Gasteiger partial charge in [-0.2, -0.15) is 0 Å². The monoisotopic (exact) mass is 361 g/mol. The molecule has 0 saturated heterocycles. The van der Waals surface area contributed by atoms with Crippen LogP contribution in [0.1, 0.15) is 28.8 Å². The van der Waals surface area contributed by atoms with Crippen molar-refractivity contribution in [2.45, 2.75) is 33.2 Å². The minimum absolute atomic E-state index is 0.0786. The fourth-order valence-electron chi connectivity index (χ4n) is 3.48. The summed E-state index contributed by atoms with van der Waals surface area (Å²) in [5.41, 5.74) is 6.09. The van der Waals surface area contributed by atoms with Gasteiger partial charge >= 0.3 is 6.03 Å². The van der Waals surface area contributed by atoms with Crippen LogP contribution in [0.2, 0.25) is 0 Å². The summed E-state index contributed by atoms with van der Waals surface area (Å²) < 4.78 is 5.53. The molecule has 0 unspecified atom stereocenters. The first-order chi connectivity index (χ1) is 13.1. The fraction of sp³-hybridized carbons (Fsp3) is 0.273. The van der Waals surface area contributed by atoms with Crippen LogP contribution in [0.15, 0.2) is 53.1 Å². The Bertz CT molecular complexity index is 977. The average Bonchev–Trinajstić information content (AvgIpc) is 2.97. The number of rotatable bonds is 2.